The molecule has 1 unspecified atom stereocenters. The maximum atomic E-state index is 12.3. The van der Waals surface area contributed by atoms with Crippen molar-refractivity contribution in [3.8, 4) is 0 Å². The van der Waals surface area contributed by atoms with E-state index in [0.29, 0.717) is 11.3 Å². The number of nitrogens with one attached hydrogen (secondary N) is 1. The lowest BCUT2D eigenvalue weighted by Crippen LogP contribution is -2.28. The van der Waals surface area contributed by atoms with Crippen molar-refractivity contribution >= 4 is 21.0 Å². The van der Waals surface area contributed by atoms with Crippen molar-refractivity contribution in [3.05, 3.63) is 60.3 Å². The molecule has 0 saturated carbocycles. The minimum absolute atomic E-state index is 0.0167. The van der Waals surface area contributed by atoms with Crippen LogP contribution < -0.4 is 4.89 Å². The van der Waals surface area contributed by atoms with Crippen LogP contribution in [0, 0.1) is 5.92 Å². The van der Waals surface area contributed by atoms with Crippen LogP contribution in [0.4, 0.5) is 0 Å². The van der Waals surface area contributed by atoms with E-state index < -0.39 is 16.1 Å². The van der Waals surface area contributed by atoms with Crippen LogP contribution in [0.15, 0.2) is 64.0 Å². The predicted molar refractivity (Wildman–Crippen MR) is 89.4 cm³/mol. The number of para-hydroxylation sites is 1. The molecule has 0 spiro atoms. The number of benzene rings is 2. The predicted octanol–water partition coefficient (Wildman–Crippen LogP) is 3.44. The Morgan fingerprint density at radius 3 is 2.42 bits per heavy atom. The van der Waals surface area contributed by atoms with Gasteiger partial charge in [-0.3, -0.25) is 4.84 Å². The van der Waals surface area contributed by atoms with Crippen molar-refractivity contribution in [2.75, 3.05) is 0 Å². The lowest BCUT2D eigenvalue weighted by atomic mass is 10.0. The van der Waals surface area contributed by atoms with Crippen molar-refractivity contribution in [3.63, 3.8) is 0 Å². The van der Waals surface area contributed by atoms with Gasteiger partial charge >= 0.3 is 0 Å². The highest BCUT2D eigenvalue weighted by atomic mass is 32.2. The molecule has 126 valence electrons. The van der Waals surface area contributed by atoms with Gasteiger partial charge in [-0.25, -0.2) is 8.42 Å². The van der Waals surface area contributed by atoms with E-state index in [1.54, 1.807) is 24.3 Å². The highest BCUT2D eigenvalue weighted by molar-refractivity contribution is 7.89. The van der Waals surface area contributed by atoms with Crippen LogP contribution in [-0.2, 0) is 14.9 Å². The second-order valence-electron chi connectivity index (χ2n) is 5.75. The minimum atomic E-state index is -3.76. The quantitative estimate of drug-likeness (QED) is 0.692. The standard InChI is InChI=1S/C17H18N2O4S/c1-12(2)17(16-14-10-6-7-11-15(14)22-18-16)23-19-24(20,21)13-8-4-3-5-9-13/h3-12,17,19H,1-2H3. The Balaban J connectivity index is 1.85. The molecule has 0 aliphatic heterocycles. The molecule has 1 aromatic heterocycles. The van der Waals surface area contributed by atoms with Gasteiger partial charge in [0, 0.05) is 5.39 Å². The van der Waals surface area contributed by atoms with E-state index in [0.717, 1.165) is 5.39 Å². The fraction of sp³-hybridized carbons (Fsp3) is 0.235. The first-order valence-electron chi connectivity index (χ1n) is 7.56. The molecule has 3 aromatic rings. The fourth-order valence-electron chi connectivity index (χ4n) is 2.38. The van der Waals surface area contributed by atoms with Gasteiger partial charge in [0.2, 0.25) is 0 Å². The van der Waals surface area contributed by atoms with Crippen LogP contribution in [0.25, 0.3) is 11.0 Å². The molecule has 6 nitrogen and oxygen atoms in total. The summed E-state index contributed by atoms with van der Waals surface area (Å²) in [5.41, 5.74) is 1.20. The van der Waals surface area contributed by atoms with Crippen LogP contribution in [-0.4, -0.2) is 13.6 Å². The van der Waals surface area contributed by atoms with Gasteiger partial charge in [0.15, 0.2) is 5.58 Å². The molecule has 24 heavy (non-hydrogen) atoms. The Bertz CT molecular complexity index is 920. The monoisotopic (exact) mass is 346 g/mol. The summed E-state index contributed by atoms with van der Waals surface area (Å²) in [4.78, 5) is 7.85. The molecule has 0 aliphatic carbocycles. The Labute approximate surface area is 140 Å². The van der Waals surface area contributed by atoms with Crippen LogP contribution in [0.3, 0.4) is 0 Å². The SMILES string of the molecule is CC(C)C(ONS(=O)(=O)c1ccccc1)c1noc2ccccc12. The largest absolute Gasteiger partial charge is 0.356 e. The molecular weight excluding hydrogens is 328 g/mol. The molecule has 1 heterocycles. The summed E-state index contributed by atoms with van der Waals surface area (Å²) >= 11 is 0. The van der Waals surface area contributed by atoms with Crippen LogP contribution in [0.5, 0.6) is 0 Å². The maximum absolute atomic E-state index is 12.3. The first kappa shape index (κ1) is 16.6. The van der Waals surface area contributed by atoms with Crippen molar-refractivity contribution < 1.29 is 17.8 Å². The molecule has 0 fully saturated rings. The lowest BCUT2D eigenvalue weighted by molar-refractivity contribution is -0.0154. The zero-order valence-corrected chi connectivity index (χ0v) is 14.2. The third kappa shape index (κ3) is 3.33. The first-order valence-corrected chi connectivity index (χ1v) is 9.04. The summed E-state index contributed by atoms with van der Waals surface area (Å²) < 4.78 is 29.9. The van der Waals surface area contributed by atoms with Gasteiger partial charge in [-0.15, -0.1) is 0 Å². The summed E-state index contributed by atoms with van der Waals surface area (Å²) in [7, 11) is -3.76. The maximum Gasteiger partial charge on any atom is 0.262 e. The van der Waals surface area contributed by atoms with Crippen LogP contribution in [0.2, 0.25) is 0 Å². The first-order chi connectivity index (χ1) is 11.5. The average Bonchev–Trinajstić information content (AvgIpc) is 3.00. The Hall–Kier alpha value is -2.22. The van der Waals surface area contributed by atoms with E-state index in [4.69, 9.17) is 9.36 Å². The molecule has 0 aliphatic rings. The van der Waals surface area contributed by atoms with Gasteiger partial charge in [0.1, 0.15) is 11.8 Å². The molecule has 1 N–H and O–H groups in total. The zero-order chi connectivity index (χ0) is 17.2. The van der Waals surface area contributed by atoms with Gasteiger partial charge in [-0.05, 0) is 30.2 Å². The molecule has 0 saturated heterocycles. The van der Waals surface area contributed by atoms with Gasteiger partial charge in [-0.2, -0.15) is 0 Å². The molecule has 2 aromatic carbocycles. The summed E-state index contributed by atoms with van der Waals surface area (Å²) in [6.45, 7) is 3.84. The van der Waals surface area contributed by atoms with Crippen molar-refractivity contribution in [1.29, 1.82) is 0 Å². The molecule has 0 amide bonds. The topological polar surface area (TPSA) is 81.4 Å². The van der Waals surface area contributed by atoms with Crippen LogP contribution in [0.1, 0.15) is 25.6 Å². The Morgan fingerprint density at radius 2 is 1.71 bits per heavy atom. The second kappa shape index (κ2) is 6.72. The smallest absolute Gasteiger partial charge is 0.262 e. The zero-order valence-electron chi connectivity index (χ0n) is 13.3. The summed E-state index contributed by atoms with van der Waals surface area (Å²) in [6, 6.07) is 15.4. The van der Waals surface area contributed by atoms with Gasteiger partial charge in [0.05, 0.1) is 4.90 Å². The number of hydrogen-bond acceptors (Lipinski definition) is 5. The number of rotatable bonds is 6. The highest BCUT2D eigenvalue weighted by Gasteiger charge is 2.26. The molecule has 7 heteroatoms. The number of aromatic nitrogens is 1. The van der Waals surface area contributed by atoms with Crippen molar-refractivity contribution in [1.82, 2.24) is 10.0 Å². The third-order valence-corrected chi connectivity index (χ3v) is 4.83. The minimum Gasteiger partial charge on any atom is -0.356 e. The summed E-state index contributed by atoms with van der Waals surface area (Å²) in [5.74, 6) is -0.0167. The number of hydrogen-bond donors (Lipinski definition) is 1. The van der Waals surface area contributed by atoms with Crippen molar-refractivity contribution in [2.45, 2.75) is 24.8 Å². The third-order valence-electron chi connectivity index (χ3n) is 3.62. The van der Waals surface area contributed by atoms with Gasteiger partial charge in [-0.1, -0.05) is 54.2 Å². The van der Waals surface area contributed by atoms with Crippen LogP contribution >= 0.6 is 0 Å². The van der Waals surface area contributed by atoms with Gasteiger partial charge < -0.3 is 4.52 Å². The Kier molecular flexibility index (Phi) is 4.66. The highest BCUT2D eigenvalue weighted by Crippen LogP contribution is 2.30. The number of sulfonamides is 1. The molecule has 0 bridgehead atoms. The summed E-state index contributed by atoms with van der Waals surface area (Å²) in [6.07, 6.45) is -0.577. The molecule has 3 rings (SSSR count). The second-order valence-corrected chi connectivity index (χ2v) is 7.39. The molecule has 0 radical (unpaired) electrons. The van der Waals surface area contributed by atoms with Gasteiger partial charge in [0.25, 0.3) is 10.0 Å². The lowest BCUT2D eigenvalue weighted by Gasteiger charge is -2.19. The van der Waals surface area contributed by atoms with E-state index in [1.807, 2.05) is 32.0 Å². The van der Waals surface area contributed by atoms with Crippen molar-refractivity contribution in [2.24, 2.45) is 5.92 Å². The summed E-state index contributed by atoms with van der Waals surface area (Å²) in [5, 5.41) is 4.86. The number of nitrogens with zero attached hydrogens (tertiary/aromatic N) is 1. The van der Waals surface area contributed by atoms with E-state index in [2.05, 4.69) is 10.0 Å². The number of fused-ring (bicyclic) bond motifs is 1. The van der Waals surface area contributed by atoms with E-state index in [9.17, 15) is 8.42 Å². The molecule has 1 atom stereocenters. The molecular formula is C17H18N2O4S. The average molecular weight is 346 g/mol. The van der Waals surface area contributed by atoms with E-state index in [1.165, 1.54) is 12.1 Å². The van der Waals surface area contributed by atoms with E-state index in [-0.39, 0.29) is 10.8 Å². The normalized spacial score (nSPS) is 13.5. The fourth-order valence-corrected chi connectivity index (χ4v) is 3.22. The Morgan fingerprint density at radius 1 is 1.04 bits per heavy atom. The van der Waals surface area contributed by atoms with E-state index >= 15 is 0 Å².